The number of hydrogen-bond donors (Lipinski definition) is 1. The zero-order valence-electron chi connectivity index (χ0n) is 12.6. The van der Waals surface area contributed by atoms with Crippen LogP contribution in [-0.2, 0) is 20.0 Å². The van der Waals surface area contributed by atoms with Crippen LogP contribution in [0.2, 0.25) is 0 Å². The molecule has 0 saturated heterocycles. The third kappa shape index (κ3) is 4.04. The molecule has 0 aliphatic heterocycles. The van der Waals surface area contributed by atoms with Crippen LogP contribution >= 0.6 is 0 Å². The maximum absolute atomic E-state index is 12.6. The van der Waals surface area contributed by atoms with Crippen LogP contribution in [0.4, 0.5) is 0 Å². The molecule has 0 unspecified atom stereocenters. The first-order chi connectivity index (χ1) is 10.2. The highest BCUT2D eigenvalue weighted by molar-refractivity contribution is 7.90. The van der Waals surface area contributed by atoms with Crippen LogP contribution in [-0.4, -0.2) is 41.3 Å². The summed E-state index contributed by atoms with van der Waals surface area (Å²) in [4.78, 5) is -0.240. The van der Waals surface area contributed by atoms with Gasteiger partial charge < -0.3 is 0 Å². The Morgan fingerprint density at radius 3 is 2.36 bits per heavy atom. The number of sulfonamides is 2. The van der Waals surface area contributed by atoms with E-state index in [4.69, 9.17) is 5.26 Å². The van der Waals surface area contributed by atoms with E-state index in [2.05, 4.69) is 4.72 Å². The van der Waals surface area contributed by atoms with Crippen molar-refractivity contribution in [3.05, 3.63) is 24.3 Å². The Hall–Kier alpha value is -1.47. The quantitative estimate of drug-likeness (QED) is 0.785. The minimum atomic E-state index is -3.86. The van der Waals surface area contributed by atoms with Gasteiger partial charge in [-0.1, -0.05) is 13.0 Å². The summed E-state index contributed by atoms with van der Waals surface area (Å²) in [6, 6.07) is 7.13. The molecule has 0 aliphatic rings. The Balaban J connectivity index is 3.29. The molecule has 0 amide bonds. The molecule has 1 atom stereocenters. The first kappa shape index (κ1) is 18.6. The molecule has 1 N–H and O–H groups in total. The summed E-state index contributed by atoms with van der Waals surface area (Å²) in [5.41, 5.74) is 0. The summed E-state index contributed by atoms with van der Waals surface area (Å²) in [5.74, 6) is -0.459. The summed E-state index contributed by atoms with van der Waals surface area (Å²) in [5, 5.41) is 8.84. The predicted octanol–water partition coefficient (Wildman–Crippen LogP) is 0.765. The Bertz CT molecular complexity index is 767. The van der Waals surface area contributed by atoms with Crippen molar-refractivity contribution >= 4 is 20.0 Å². The highest BCUT2D eigenvalue weighted by atomic mass is 32.2. The van der Waals surface area contributed by atoms with E-state index in [9.17, 15) is 16.8 Å². The molecule has 0 fully saturated rings. The topological polar surface area (TPSA) is 107 Å². The van der Waals surface area contributed by atoms with Gasteiger partial charge in [0.25, 0.3) is 0 Å². The number of nitrogens with zero attached hydrogens (tertiary/aromatic N) is 2. The molecule has 0 radical (unpaired) electrons. The normalized spacial score (nSPS) is 13.8. The lowest BCUT2D eigenvalue weighted by Gasteiger charge is -2.21. The van der Waals surface area contributed by atoms with Crippen LogP contribution in [0.5, 0.6) is 0 Å². The number of benzene rings is 1. The molecule has 0 bridgehead atoms. The van der Waals surface area contributed by atoms with E-state index >= 15 is 0 Å². The van der Waals surface area contributed by atoms with E-state index in [-0.39, 0.29) is 22.9 Å². The van der Waals surface area contributed by atoms with Crippen molar-refractivity contribution in [2.45, 2.75) is 23.6 Å². The van der Waals surface area contributed by atoms with E-state index < -0.39 is 26.0 Å². The fourth-order valence-electron chi connectivity index (χ4n) is 1.81. The Labute approximate surface area is 131 Å². The van der Waals surface area contributed by atoms with Crippen molar-refractivity contribution in [1.29, 1.82) is 5.26 Å². The van der Waals surface area contributed by atoms with Gasteiger partial charge in [0.05, 0.1) is 21.8 Å². The number of hydrogen-bond acceptors (Lipinski definition) is 5. The summed E-state index contributed by atoms with van der Waals surface area (Å²) < 4.78 is 52.0. The molecule has 0 saturated carbocycles. The zero-order valence-corrected chi connectivity index (χ0v) is 14.3. The third-order valence-electron chi connectivity index (χ3n) is 3.07. The number of rotatable bonds is 7. The summed E-state index contributed by atoms with van der Waals surface area (Å²) in [6.07, 6.45) is 0. The molecular formula is C13H19N3O4S2. The maximum atomic E-state index is 12.6. The fourth-order valence-corrected chi connectivity index (χ4v) is 4.25. The maximum Gasteiger partial charge on any atom is 0.243 e. The van der Waals surface area contributed by atoms with E-state index in [1.165, 1.54) is 25.2 Å². The first-order valence-electron chi connectivity index (χ1n) is 6.62. The van der Waals surface area contributed by atoms with E-state index in [0.717, 1.165) is 10.4 Å². The molecule has 1 aromatic rings. The van der Waals surface area contributed by atoms with Crippen molar-refractivity contribution in [3.8, 4) is 6.07 Å². The Kier molecular flexibility index (Phi) is 6.08. The van der Waals surface area contributed by atoms with Gasteiger partial charge in [0.2, 0.25) is 20.0 Å². The summed E-state index contributed by atoms with van der Waals surface area (Å²) in [7, 11) is -6.33. The molecule has 0 spiro atoms. The molecule has 0 aliphatic carbocycles. The van der Waals surface area contributed by atoms with Crippen molar-refractivity contribution in [2.24, 2.45) is 5.92 Å². The monoisotopic (exact) mass is 345 g/mol. The lowest BCUT2D eigenvalue weighted by atomic mass is 10.2. The smallest absolute Gasteiger partial charge is 0.214 e. The molecule has 1 aromatic carbocycles. The third-order valence-corrected chi connectivity index (χ3v) is 6.42. The zero-order chi connectivity index (χ0) is 17.0. The van der Waals surface area contributed by atoms with Gasteiger partial charge in [-0.3, -0.25) is 0 Å². The molecule has 22 heavy (non-hydrogen) atoms. The SMILES string of the molecule is CCN(C[C@@H](C)C#N)S(=O)(=O)c1cccc(S(=O)(=O)NC)c1. The predicted molar refractivity (Wildman–Crippen MR) is 81.9 cm³/mol. The van der Waals surface area contributed by atoms with Crippen LogP contribution in [0, 0.1) is 17.2 Å². The lowest BCUT2D eigenvalue weighted by Crippen LogP contribution is -2.34. The van der Waals surface area contributed by atoms with Crippen molar-refractivity contribution in [1.82, 2.24) is 9.03 Å². The largest absolute Gasteiger partial charge is 0.243 e. The van der Waals surface area contributed by atoms with Gasteiger partial charge in [-0.2, -0.15) is 9.57 Å². The number of nitriles is 1. The minimum Gasteiger partial charge on any atom is -0.214 e. The number of nitrogens with one attached hydrogen (secondary N) is 1. The summed E-state index contributed by atoms with van der Waals surface area (Å²) >= 11 is 0. The van der Waals surface area contributed by atoms with Gasteiger partial charge in [0.1, 0.15) is 0 Å². The molecular weight excluding hydrogens is 326 g/mol. The highest BCUT2D eigenvalue weighted by Crippen LogP contribution is 2.20. The molecule has 0 aromatic heterocycles. The molecule has 122 valence electrons. The van der Waals surface area contributed by atoms with E-state index in [1.54, 1.807) is 13.8 Å². The molecule has 1 rings (SSSR count). The second-order valence-corrected chi connectivity index (χ2v) is 8.49. The van der Waals surface area contributed by atoms with Crippen molar-refractivity contribution in [2.75, 3.05) is 20.1 Å². The van der Waals surface area contributed by atoms with Crippen LogP contribution in [0.1, 0.15) is 13.8 Å². The van der Waals surface area contributed by atoms with Gasteiger partial charge in [-0.05, 0) is 32.2 Å². The van der Waals surface area contributed by atoms with E-state index in [1.807, 2.05) is 6.07 Å². The lowest BCUT2D eigenvalue weighted by molar-refractivity contribution is 0.399. The highest BCUT2D eigenvalue weighted by Gasteiger charge is 2.26. The van der Waals surface area contributed by atoms with Crippen LogP contribution < -0.4 is 4.72 Å². The fraction of sp³-hybridized carbons (Fsp3) is 0.462. The van der Waals surface area contributed by atoms with Crippen LogP contribution in [0.3, 0.4) is 0 Å². The van der Waals surface area contributed by atoms with Gasteiger partial charge in [-0.25, -0.2) is 21.6 Å². The second kappa shape index (κ2) is 7.19. The van der Waals surface area contributed by atoms with Gasteiger partial charge in [0, 0.05) is 13.1 Å². The van der Waals surface area contributed by atoms with Crippen LogP contribution in [0.15, 0.2) is 34.1 Å². The van der Waals surface area contributed by atoms with Gasteiger partial charge in [-0.15, -0.1) is 0 Å². The van der Waals surface area contributed by atoms with Crippen LogP contribution in [0.25, 0.3) is 0 Å². The van der Waals surface area contributed by atoms with Crippen molar-refractivity contribution in [3.63, 3.8) is 0 Å². The second-order valence-electron chi connectivity index (χ2n) is 4.67. The van der Waals surface area contributed by atoms with E-state index in [0.29, 0.717) is 0 Å². The average Bonchev–Trinajstić information content (AvgIpc) is 2.52. The first-order valence-corrected chi connectivity index (χ1v) is 9.54. The molecule has 7 nitrogen and oxygen atoms in total. The average molecular weight is 345 g/mol. The minimum absolute atomic E-state index is 0.0539. The summed E-state index contributed by atoms with van der Waals surface area (Å²) in [6.45, 7) is 3.53. The standard InChI is InChI=1S/C13H19N3O4S2/c1-4-16(10-11(2)9-14)22(19,20)13-7-5-6-12(8-13)21(17,18)15-3/h5-8,11,15H,4,10H2,1-3H3/t11-/m0/s1. The molecule has 0 heterocycles. The van der Waals surface area contributed by atoms with Crippen molar-refractivity contribution < 1.29 is 16.8 Å². The van der Waals surface area contributed by atoms with Gasteiger partial charge in [0.15, 0.2) is 0 Å². The molecule has 9 heteroatoms. The Morgan fingerprint density at radius 2 is 1.86 bits per heavy atom. The van der Waals surface area contributed by atoms with Gasteiger partial charge >= 0.3 is 0 Å². The Morgan fingerprint density at radius 1 is 1.27 bits per heavy atom.